The maximum atomic E-state index is 12.4. The Labute approximate surface area is 125 Å². The molecule has 0 unspecified atom stereocenters. The van der Waals surface area contributed by atoms with E-state index >= 15 is 0 Å². The first-order chi connectivity index (χ1) is 9.56. The zero-order valence-electron chi connectivity index (χ0n) is 10.2. The van der Waals surface area contributed by atoms with E-state index in [1.54, 1.807) is 0 Å². The van der Waals surface area contributed by atoms with Crippen molar-refractivity contribution in [3.63, 3.8) is 0 Å². The number of imide groups is 1. The van der Waals surface area contributed by atoms with E-state index in [0.717, 1.165) is 6.92 Å². The molecule has 1 aliphatic heterocycles. The summed E-state index contributed by atoms with van der Waals surface area (Å²) >= 11 is -3.82. The third kappa shape index (κ3) is 2.76. The van der Waals surface area contributed by atoms with Crippen LogP contribution in [0.4, 0.5) is 13.2 Å². The van der Waals surface area contributed by atoms with Crippen molar-refractivity contribution in [1.29, 1.82) is 0 Å². The quantitative estimate of drug-likeness (QED) is 0.402. The molecule has 6 nitrogen and oxygen atoms in total. The van der Waals surface area contributed by atoms with Gasteiger partial charge in [0, 0.05) is 0 Å². The van der Waals surface area contributed by atoms with E-state index in [1.165, 1.54) is 24.3 Å². The molecule has 1 aromatic carbocycles. The number of fused-ring (bicyclic) bond motifs is 1. The van der Waals surface area contributed by atoms with E-state index < -0.39 is 47.9 Å². The summed E-state index contributed by atoms with van der Waals surface area (Å²) in [5, 5.41) is 0. The van der Waals surface area contributed by atoms with Crippen LogP contribution in [0.2, 0.25) is 0 Å². The van der Waals surface area contributed by atoms with Crippen molar-refractivity contribution >= 4 is 42.4 Å². The van der Waals surface area contributed by atoms with Gasteiger partial charge < -0.3 is 0 Å². The molecule has 0 fully saturated rings. The van der Waals surface area contributed by atoms with Crippen molar-refractivity contribution in [2.45, 2.75) is 12.4 Å². The van der Waals surface area contributed by atoms with Crippen LogP contribution in [-0.2, 0) is 17.4 Å². The van der Waals surface area contributed by atoms with E-state index in [0.29, 0.717) is 3.11 Å². The van der Waals surface area contributed by atoms with E-state index in [2.05, 4.69) is 2.51 Å². The monoisotopic (exact) mass is 437 g/mol. The fourth-order valence-electron chi connectivity index (χ4n) is 1.47. The van der Waals surface area contributed by atoms with Crippen LogP contribution in [0.3, 0.4) is 0 Å². The number of alkyl halides is 3. The van der Waals surface area contributed by atoms with E-state index in [4.69, 9.17) is 0 Å². The summed E-state index contributed by atoms with van der Waals surface area (Å²) in [4.78, 5) is 23.4. The molecule has 0 saturated heterocycles. The molecule has 0 radical (unpaired) electrons. The maximum absolute atomic E-state index is 12.4. The number of benzene rings is 1. The van der Waals surface area contributed by atoms with Crippen molar-refractivity contribution < 1.29 is 33.7 Å². The second-order valence-electron chi connectivity index (χ2n) is 3.78. The molecule has 0 atom stereocenters. The van der Waals surface area contributed by atoms with Gasteiger partial charge in [0.15, 0.2) is 0 Å². The van der Waals surface area contributed by atoms with Gasteiger partial charge >= 0.3 is 125 Å². The molecule has 2 amide bonds. The van der Waals surface area contributed by atoms with Crippen molar-refractivity contribution in [3.8, 4) is 0 Å². The number of carbonyl (C=O) groups excluding carboxylic acids is 2. The molecule has 0 saturated carbocycles. The molecule has 21 heavy (non-hydrogen) atoms. The topological polar surface area (TPSA) is 80.8 Å². The third-order valence-corrected chi connectivity index (χ3v) is 9.54. The van der Waals surface area contributed by atoms with Crippen LogP contribution >= 0.6 is 20.5 Å². The Balaban J connectivity index is 2.50. The summed E-state index contributed by atoms with van der Waals surface area (Å²) in [5.41, 5.74) is -5.64. The number of hydrogen-bond acceptors (Lipinski definition) is 5. The summed E-state index contributed by atoms with van der Waals surface area (Å²) in [6.07, 6.45) is 0. The first-order valence-electron chi connectivity index (χ1n) is 5.22. The van der Waals surface area contributed by atoms with Gasteiger partial charge in [-0.2, -0.15) is 0 Å². The fraction of sp³-hybridized carbons (Fsp3) is 0.200. The molecule has 116 valence electrons. The van der Waals surface area contributed by atoms with Gasteiger partial charge in [-0.1, -0.05) is 0 Å². The van der Waals surface area contributed by atoms with Gasteiger partial charge in [-0.05, 0) is 0 Å². The number of amides is 2. The predicted octanol–water partition coefficient (Wildman–Crippen LogP) is 2.06. The number of hydrogen-bond donors (Lipinski definition) is 0. The minimum atomic E-state index is -5.89. The molecular formula is C10H7F3INO5S. The Morgan fingerprint density at radius 1 is 1.29 bits per heavy atom. The second kappa shape index (κ2) is 5.21. The molecule has 11 heteroatoms. The molecule has 1 heterocycles. The van der Waals surface area contributed by atoms with Crippen molar-refractivity contribution in [2.75, 3.05) is 0 Å². The molecule has 2 rings (SSSR count). The van der Waals surface area contributed by atoms with Gasteiger partial charge in [0.1, 0.15) is 0 Å². The van der Waals surface area contributed by atoms with Gasteiger partial charge in [-0.25, -0.2) is 0 Å². The van der Waals surface area contributed by atoms with Crippen LogP contribution in [0, 0.1) is 3.57 Å². The predicted molar refractivity (Wildman–Crippen MR) is 72.1 cm³/mol. The fourth-order valence-corrected chi connectivity index (χ4v) is 8.06. The Morgan fingerprint density at radius 2 is 1.86 bits per heavy atom. The molecule has 0 spiro atoms. The van der Waals surface area contributed by atoms with Crippen LogP contribution in [0.15, 0.2) is 24.3 Å². The SMILES string of the molecule is CC(=O)N1C(=O)c2ccccc2I1OS(=O)(=O)C(F)(F)F. The normalized spacial score (nSPS) is 17.0. The van der Waals surface area contributed by atoms with Gasteiger partial charge in [-0.15, -0.1) is 0 Å². The van der Waals surface area contributed by atoms with Crippen LogP contribution in [0.5, 0.6) is 0 Å². The van der Waals surface area contributed by atoms with Crippen LogP contribution in [-0.4, -0.2) is 28.9 Å². The summed E-state index contributed by atoms with van der Waals surface area (Å²) in [5.74, 6) is -1.71. The van der Waals surface area contributed by atoms with E-state index in [9.17, 15) is 31.2 Å². The molecule has 0 bridgehead atoms. The molecule has 0 aromatic heterocycles. The Bertz CT molecular complexity index is 718. The average Bonchev–Trinajstić information content (AvgIpc) is 2.61. The van der Waals surface area contributed by atoms with Crippen LogP contribution in [0.1, 0.15) is 17.3 Å². The minimum absolute atomic E-state index is 0.0183. The zero-order chi connectivity index (χ0) is 16.0. The van der Waals surface area contributed by atoms with Gasteiger partial charge in [0.2, 0.25) is 0 Å². The average molecular weight is 437 g/mol. The Kier molecular flexibility index (Phi) is 4.01. The summed E-state index contributed by atoms with van der Waals surface area (Å²) in [6, 6.07) is 5.46. The third-order valence-electron chi connectivity index (χ3n) is 2.31. The standard InChI is InChI=1S/C10H7F3INO5S/c1-6(16)15-9(17)7-4-2-3-5-8(7)14(15)20-21(18,19)10(11,12)13/h2-5H,1H3. The Hall–Kier alpha value is -1.21. The van der Waals surface area contributed by atoms with Gasteiger partial charge in [0.25, 0.3) is 0 Å². The Morgan fingerprint density at radius 3 is 2.38 bits per heavy atom. The van der Waals surface area contributed by atoms with Crippen LogP contribution < -0.4 is 0 Å². The van der Waals surface area contributed by atoms with Crippen molar-refractivity contribution in [1.82, 2.24) is 3.11 Å². The molecule has 0 aliphatic carbocycles. The summed E-state index contributed by atoms with van der Waals surface area (Å²) in [7, 11) is -5.89. The number of carbonyl (C=O) groups is 2. The van der Waals surface area contributed by atoms with E-state index in [-0.39, 0.29) is 9.13 Å². The van der Waals surface area contributed by atoms with Gasteiger partial charge in [0.05, 0.1) is 0 Å². The van der Waals surface area contributed by atoms with Crippen molar-refractivity contribution in [3.05, 3.63) is 33.4 Å². The molecular weight excluding hydrogens is 430 g/mol. The first-order valence-corrected chi connectivity index (χ1v) is 9.55. The second-order valence-corrected chi connectivity index (χ2v) is 9.80. The summed E-state index contributed by atoms with van der Waals surface area (Å²) in [6.45, 7) is 0.956. The number of halogens is 4. The molecule has 0 N–H and O–H groups in total. The molecule has 1 aliphatic rings. The number of nitrogens with zero attached hydrogens (tertiary/aromatic N) is 1. The van der Waals surface area contributed by atoms with Crippen LogP contribution in [0.25, 0.3) is 0 Å². The molecule has 1 aromatic rings. The first kappa shape index (κ1) is 16.2. The van der Waals surface area contributed by atoms with E-state index in [1.807, 2.05) is 0 Å². The number of rotatable bonds is 2. The van der Waals surface area contributed by atoms with Crippen molar-refractivity contribution in [2.24, 2.45) is 0 Å². The summed E-state index contributed by atoms with van der Waals surface area (Å²) < 4.78 is 64.2. The zero-order valence-corrected chi connectivity index (χ0v) is 13.2. The van der Waals surface area contributed by atoms with Gasteiger partial charge in [-0.3, -0.25) is 0 Å².